The Kier molecular flexibility index (Phi) is 7.60. The fourth-order valence-corrected chi connectivity index (χ4v) is 5.42. The number of nitrogens with zero attached hydrogens (tertiary/aromatic N) is 3. The fraction of sp³-hybridized carbons (Fsp3) is 0.333. The molecule has 2 aromatic carbocycles. The first-order chi connectivity index (χ1) is 15.2. The molecule has 0 atom stereocenters. The highest BCUT2D eigenvalue weighted by Gasteiger charge is 2.27. The molecule has 0 spiro atoms. The zero-order chi connectivity index (χ0) is 23.5. The van der Waals surface area contributed by atoms with Gasteiger partial charge < -0.3 is 14.4 Å². The number of ether oxygens (including phenoxy) is 2. The maximum absolute atomic E-state index is 13.2. The molecule has 11 heteroatoms. The average Bonchev–Trinajstić information content (AvgIpc) is 3.18. The number of amides is 1. The minimum absolute atomic E-state index is 0.0375. The molecule has 0 saturated heterocycles. The zero-order valence-corrected chi connectivity index (χ0v) is 20.6. The Morgan fingerprint density at radius 1 is 1.03 bits per heavy atom. The molecule has 0 aliphatic rings. The molecule has 0 unspecified atom stereocenters. The molecule has 0 radical (unpaired) electrons. The van der Waals surface area contributed by atoms with Gasteiger partial charge in [0.05, 0.1) is 19.1 Å². The van der Waals surface area contributed by atoms with E-state index in [-0.39, 0.29) is 11.4 Å². The van der Waals surface area contributed by atoms with Crippen molar-refractivity contribution in [2.75, 3.05) is 52.1 Å². The summed E-state index contributed by atoms with van der Waals surface area (Å²) in [6.07, 6.45) is 0. The monoisotopic (exact) mass is 497 g/mol. The molecule has 3 aromatic rings. The molecule has 172 valence electrons. The lowest BCUT2D eigenvalue weighted by atomic mass is 10.3. The van der Waals surface area contributed by atoms with Gasteiger partial charge in [0.25, 0.3) is 0 Å². The minimum atomic E-state index is -3.86. The van der Waals surface area contributed by atoms with E-state index in [2.05, 4.69) is 4.98 Å². The number of aromatic nitrogens is 1. The van der Waals surface area contributed by atoms with E-state index < -0.39 is 21.5 Å². The smallest absolute Gasteiger partial charge is 0.244 e. The number of carbonyl (C=O) groups is 1. The summed E-state index contributed by atoms with van der Waals surface area (Å²) in [6.45, 7) is 0.795. The molecule has 0 saturated carbocycles. The van der Waals surface area contributed by atoms with E-state index in [1.54, 1.807) is 19.2 Å². The number of sulfone groups is 1. The third-order valence-corrected chi connectivity index (χ3v) is 7.65. The third-order valence-electron chi connectivity index (χ3n) is 4.69. The van der Waals surface area contributed by atoms with Crippen molar-refractivity contribution in [1.82, 2.24) is 9.88 Å². The Hall–Kier alpha value is -2.40. The number of carbonyl (C=O) groups excluding carboxylic acids is 1. The van der Waals surface area contributed by atoms with Crippen molar-refractivity contribution < 1.29 is 22.7 Å². The van der Waals surface area contributed by atoms with Crippen molar-refractivity contribution in [2.24, 2.45) is 0 Å². The Bertz CT molecular complexity index is 1170. The fourth-order valence-electron chi connectivity index (χ4n) is 2.98. The number of rotatable bonds is 9. The van der Waals surface area contributed by atoms with Crippen LogP contribution in [0.3, 0.4) is 0 Å². The highest BCUT2D eigenvalue weighted by atomic mass is 35.5. The summed E-state index contributed by atoms with van der Waals surface area (Å²) in [5, 5.41) is 0.793. The van der Waals surface area contributed by atoms with E-state index >= 15 is 0 Å². The molecular formula is C21H24ClN3O5S2. The number of anilines is 1. The highest BCUT2D eigenvalue weighted by Crippen LogP contribution is 2.40. The maximum Gasteiger partial charge on any atom is 0.244 e. The highest BCUT2D eigenvalue weighted by molar-refractivity contribution is 7.92. The van der Waals surface area contributed by atoms with Crippen molar-refractivity contribution in [3.8, 4) is 11.5 Å². The molecule has 0 fully saturated rings. The molecule has 1 heterocycles. The third kappa shape index (κ3) is 5.32. The van der Waals surface area contributed by atoms with E-state index in [9.17, 15) is 13.2 Å². The van der Waals surface area contributed by atoms with E-state index in [1.165, 1.54) is 47.6 Å². The van der Waals surface area contributed by atoms with Gasteiger partial charge in [0.2, 0.25) is 5.91 Å². The van der Waals surface area contributed by atoms with Gasteiger partial charge >= 0.3 is 0 Å². The number of methoxy groups -OCH3 is 2. The van der Waals surface area contributed by atoms with Crippen LogP contribution in [0.2, 0.25) is 5.02 Å². The molecule has 0 aliphatic carbocycles. The first-order valence-corrected chi connectivity index (χ1v) is 12.5. The van der Waals surface area contributed by atoms with Gasteiger partial charge in [-0.3, -0.25) is 9.69 Å². The Morgan fingerprint density at radius 3 is 2.25 bits per heavy atom. The van der Waals surface area contributed by atoms with Gasteiger partial charge in [0.15, 0.2) is 15.0 Å². The number of hydrogen-bond donors (Lipinski definition) is 0. The van der Waals surface area contributed by atoms with E-state index in [0.29, 0.717) is 38.4 Å². The SMILES string of the molecule is COc1ccc(OC)c2sc(N(CCN(C)C)C(=O)CS(=O)(=O)c3ccc(Cl)cc3)nc12. The van der Waals surface area contributed by atoms with Gasteiger partial charge in [-0.15, -0.1) is 0 Å². The van der Waals surface area contributed by atoms with Crippen LogP contribution in [0.25, 0.3) is 10.2 Å². The standard InChI is InChI=1S/C21H24ClN3O5S2/c1-24(2)11-12-25(18(26)13-32(27,28)15-7-5-14(22)6-8-15)21-23-19-16(29-3)9-10-17(30-4)20(19)31-21/h5-10H,11-13H2,1-4H3. The van der Waals surface area contributed by atoms with Gasteiger partial charge in [-0.2, -0.15) is 0 Å². The Labute approximate surface area is 196 Å². The maximum atomic E-state index is 13.2. The molecule has 1 aromatic heterocycles. The second-order valence-electron chi connectivity index (χ2n) is 7.21. The van der Waals surface area contributed by atoms with Gasteiger partial charge in [0.1, 0.15) is 27.5 Å². The Morgan fingerprint density at radius 2 is 1.66 bits per heavy atom. The van der Waals surface area contributed by atoms with E-state index in [0.717, 1.165) is 0 Å². The summed E-state index contributed by atoms with van der Waals surface area (Å²) >= 11 is 7.10. The van der Waals surface area contributed by atoms with Crippen molar-refractivity contribution >= 4 is 54.0 Å². The van der Waals surface area contributed by atoms with Gasteiger partial charge in [0, 0.05) is 18.1 Å². The summed E-state index contributed by atoms with van der Waals surface area (Å²) in [6, 6.07) is 9.25. The number of halogens is 1. The predicted molar refractivity (Wildman–Crippen MR) is 127 cm³/mol. The topological polar surface area (TPSA) is 89.0 Å². The molecule has 8 nitrogen and oxygen atoms in total. The van der Waals surface area contributed by atoms with Crippen molar-refractivity contribution in [1.29, 1.82) is 0 Å². The van der Waals surface area contributed by atoms with Crippen molar-refractivity contribution in [2.45, 2.75) is 4.90 Å². The van der Waals surface area contributed by atoms with Crippen molar-refractivity contribution in [3.63, 3.8) is 0 Å². The summed E-state index contributed by atoms with van der Waals surface area (Å²) in [5.74, 6) is -0.124. The molecule has 0 bridgehead atoms. The number of likely N-dealkylation sites (N-methyl/N-ethyl adjacent to an activating group) is 1. The van der Waals surface area contributed by atoms with Crippen LogP contribution < -0.4 is 14.4 Å². The van der Waals surface area contributed by atoms with Crippen LogP contribution in [-0.4, -0.2) is 71.4 Å². The summed E-state index contributed by atoms with van der Waals surface area (Å²) in [5.41, 5.74) is 0.551. The molecular weight excluding hydrogens is 474 g/mol. The van der Waals surface area contributed by atoms with Gasteiger partial charge in [-0.1, -0.05) is 22.9 Å². The zero-order valence-electron chi connectivity index (χ0n) is 18.2. The number of benzene rings is 2. The van der Waals surface area contributed by atoms with Crippen molar-refractivity contribution in [3.05, 3.63) is 41.4 Å². The molecule has 0 N–H and O–H groups in total. The van der Waals surface area contributed by atoms with Crippen LogP contribution in [-0.2, 0) is 14.6 Å². The van der Waals surface area contributed by atoms with Gasteiger partial charge in [-0.25, -0.2) is 13.4 Å². The van der Waals surface area contributed by atoms with E-state index in [4.69, 9.17) is 21.1 Å². The molecule has 32 heavy (non-hydrogen) atoms. The number of fused-ring (bicyclic) bond motifs is 1. The number of thiazole rings is 1. The first kappa shape index (κ1) is 24.2. The first-order valence-electron chi connectivity index (χ1n) is 9.61. The lowest BCUT2D eigenvalue weighted by molar-refractivity contribution is -0.116. The molecule has 0 aliphatic heterocycles. The summed E-state index contributed by atoms with van der Waals surface area (Å²) in [7, 11) is 2.97. The van der Waals surface area contributed by atoms with Crippen LogP contribution >= 0.6 is 22.9 Å². The quantitative estimate of drug-likeness (QED) is 0.448. The van der Waals surface area contributed by atoms with Crippen LogP contribution in [0, 0.1) is 0 Å². The lowest BCUT2D eigenvalue weighted by Gasteiger charge is -2.22. The normalized spacial score (nSPS) is 11.7. The minimum Gasteiger partial charge on any atom is -0.495 e. The van der Waals surface area contributed by atoms with Crippen LogP contribution in [0.15, 0.2) is 41.3 Å². The van der Waals surface area contributed by atoms with Crippen LogP contribution in [0.4, 0.5) is 5.13 Å². The number of hydrogen-bond acceptors (Lipinski definition) is 8. The average molecular weight is 498 g/mol. The summed E-state index contributed by atoms with van der Waals surface area (Å²) in [4.78, 5) is 21.1. The predicted octanol–water partition coefficient (Wildman–Crippen LogP) is 3.34. The second kappa shape index (κ2) is 10.0. The lowest BCUT2D eigenvalue weighted by Crippen LogP contribution is -2.40. The van der Waals surface area contributed by atoms with Gasteiger partial charge in [-0.05, 0) is 50.5 Å². The van der Waals surface area contributed by atoms with Crippen LogP contribution in [0.1, 0.15) is 0 Å². The Balaban J connectivity index is 1.99. The molecule has 1 amide bonds. The van der Waals surface area contributed by atoms with Crippen LogP contribution in [0.5, 0.6) is 11.5 Å². The van der Waals surface area contributed by atoms with E-state index in [1.807, 2.05) is 19.0 Å². The second-order valence-corrected chi connectivity index (χ2v) is 10.6. The molecule has 3 rings (SSSR count). The largest absolute Gasteiger partial charge is 0.495 e. The summed E-state index contributed by atoms with van der Waals surface area (Å²) < 4.78 is 37.2.